The molecule has 0 bridgehead atoms. The maximum absolute atomic E-state index is 12.7. The van der Waals surface area contributed by atoms with Crippen LogP contribution in [0.5, 0.6) is 0 Å². The SMILES string of the molecule is Cc1nc(CN2C(=O)CC3C2CCN3C(=O)c2cccnc2)cs1. The van der Waals surface area contributed by atoms with E-state index in [9.17, 15) is 9.59 Å². The first-order valence-electron chi connectivity index (χ1n) is 8.05. The average molecular weight is 342 g/mol. The van der Waals surface area contributed by atoms with Crippen LogP contribution in [0.25, 0.3) is 0 Å². The van der Waals surface area contributed by atoms with E-state index < -0.39 is 0 Å². The number of hydrogen-bond donors (Lipinski definition) is 0. The minimum absolute atomic E-state index is 0.0326. The summed E-state index contributed by atoms with van der Waals surface area (Å²) in [4.78, 5) is 37.4. The second kappa shape index (κ2) is 5.98. The summed E-state index contributed by atoms with van der Waals surface area (Å²) in [5, 5.41) is 3.01. The molecule has 0 radical (unpaired) electrons. The lowest BCUT2D eigenvalue weighted by Gasteiger charge is -2.25. The Kier molecular flexibility index (Phi) is 3.80. The molecule has 2 unspecified atom stereocenters. The molecule has 24 heavy (non-hydrogen) atoms. The van der Waals surface area contributed by atoms with E-state index in [1.165, 1.54) is 0 Å². The first-order chi connectivity index (χ1) is 11.6. The molecule has 4 rings (SSSR count). The van der Waals surface area contributed by atoms with Crippen molar-refractivity contribution in [2.24, 2.45) is 0 Å². The third kappa shape index (κ3) is 2.58. The van der Waals surface area contributed by atoms with E-state index in [1.54, 1.807) is 35.9 Å². The van der Waals surface area contributed by atoms with Gasteiger partial charge in [-0.05, 0) is 25.5 Å². The van der Waals surface area contributed by atoms with E-state index in [1.807, 2.05) is 22.1 Å². The zero-order chi connectivity index (χ0) is 16.7. The largest absolute Gasteiger partial charge is 0.333 e. The lowest BCUT2D eigenvalue weighted by atomic mass is 10.1. The van der Waals surface area contributed by atoms with Crippen molar-refractivity contribution in [3.63, 3.8) is 0 Å². The van der Waals surface area contributed by atoms with Crippen LogP contribution in [0.4, 0.5) is 0 Å². The van der Waals surface area contributed by atoms with Crippen LogP contribution in [0.1, 0.15) is 33.9 Å². The third-order valence-electron chi connectivity index (χ3n) is 4.78. The molecule has 4 heterocycles. The van der Waals surface area contributed by atoms with Crippen LogP contribution < -0.4 is 0 Å². The number of hydrogen-bond acceptors (Lipinski definition) is 5. The normalized spacial score (nSPS) is 23.0. The Hall–Kier alpha value is -2.28. The quantitative estimate of drug-likeness (QED) is 0.854. The highest BCUT2D eigenvalue weighted by Gasteiger charge is 2.48. The van der Waals surface area contributed by atoms with Crippen molar-refractivity contribution in [3.8, 4) is 0 Å². The molecule has 2 aromatic rings. The maximum Gasteiger partial charge on any atom is 0.255 e. The van der Waals surface area contributed by atoms with Crippen molar-refractivity contribution in [1.82, 2.24) is 19.8 Å². The Labute approximate surface area is 144 Å². The van der Waals surface area contributed by atoms with Crippen LogP contribution in [-0.4, -0.2) is 50.2 Å². The Balaban J connectivity index is 1.52. The van der Waals surface area contributed by atoms with E-state index in [0.717, 1.165) is 17.1 Å². The van der Waals surface area contributed by atoms with Gasteiger partial charge in [0.05, 0.1) is 34.9 Å². The Morgan fingerprint density at radius 1 is 1.42 bits per heavy atom. The molecule has 2 aliphatic rings. The summed E-state index contributed by atoms with van der Waals surface area (Å²) >= 11 is 1.60. The average Bonchev–Trinajstić information content (AvgIpc) is 3.26. The number of likely N-dealkylation sites (tertiary alicyclic amines) is 2. The second-order valence-corrected chi connectivity index (χ2v) is 7.31. The zero-order valence-corrected chi connectivity index (χ0v) is 14.2. The summed E-state index contributed by atoms with van der Waals surface area (Å²) < 4.78 is 0. The van der Waals surface area contributed by atoms with Gasteiger partial charge in [-0.3, -0.25) is 14.6 Å². The molecule has 2 saturated heterocycles. The molecule has 0 aliphatic carbocycles. The highest BCUT2D eigenvalue weighted by Crippen LogP contribution is 2.34. The maximum atomic E-state index is 12.7. The fourth-order valence-electron chi connectivity index (χ4n) is 3.70. The van der Waals surface area contributed by atoms with Gasteiger partial charge in [0.1, 0.15) is 0 Å². The molecule has 2 atom stereocenters. The van der Waals surface area contributed by atoms with Crippen LogP contribution in [0.3, 0.4) is 0 Å². The van der Waals surface area contributed by atoms with Crippen molar-refractivity contribution in [2.45, 2.75) is 38.4 Å². The summed E-state index contributed by atoms with van der Waals surface area (Å²) in [6, 6.07) is 3.59. The van der Waals surface area contributed by atoms with Crippen LogP contribution >= 0.6 is 11.3 Å². The zero-order valence-electron chi connectivity index (χ0n) is 13.4. The molecule has 124 valence electrons. The van der Waals surface area contributed by atoms with Gasteiger partial charge in [0.2, 0.25) is 5.91 Å². The predicted octanol–water partition coefficient (Wildman–Crippen LogP) is 1.86. The number of amides is 2. The molecule has 0 spiro atoms. The highest BCUT2D eigenvalue weighted by atomic mass is 32.1. The molecule has 0 saturated carbocycles. The van der Waals surface area contributed by atoms with Crippen molar-refractivity contribution in [1.29, 1.82) is 0 Å². The van der Waals surface area contributed by atoms with Crippen molar-refractivity contribution in [3.05, 3.63) is 46.2 Å². The van der Waals surface area contributed by atoms with Gasteiger partial charge >= 0.3 is 0 Å². The molecule has 0 N–H and O–H groups in total. The summed E-state index contributed by atoms with van der Waals surface area (Å²) in [5.41, 5.74) is 1.52. The number of rotatable bonds is 3. The molecule has 2 aliphatic heterocycles. The summed E-state index contributed by atoms with van der Waals surface area (Å²) in [7, 11) is 0. The van der Waals surface area contributed by atoms with E-state index >= 15 is 0 Å². The van der Waals surface area contributed by atoms with Crippen LogP contribution in [0.2, 0.25) is 0 Å². The molecule has 6 nitrogen and oxygen atoms in total. The van der Waals surface area contributed by atoms with Gasteiger partial charge in [-0.1, -0.05) is 0 Å². The van der Waals surface area contributed by atoms with Crippen LogP contribution in [0, 0.1) is 6.92 Å². The fourth-order valence-corrected chi connectivity index (χ4v) is 4.30. The Morgan fingerprint density at radius 2 is 2.29 bits per heavy atom. The van der Waals surface area contributed by atoms with Crippen LogP contribution in [0.15, 0.2) is 29.9 Å². The monoisotopic (exact) mass is 342 g/mol. The summed E-state index contributed by atoms with van der Waals surface area (Å²) in [6.07, 6.45) is 4.47. The number of nitrogens with zero attached hydrogens (tertiary/aromatic N) is 4. The Morgan fingerprint density at radius 3 is 3.00 bits per heavy atom. The minimum Gasteiger partial charge on any atom is -0.333 e. The smallest absolute Gasteiger partial charge is 0.255 e. The number of carbonyl (C=O) groups is 2. The van der Waals surface area contributed by atoms with Crippen molar-refractivity contribution < 1.29 is 9.59 Å². The van der Waals surface area contributed by atoms with Gasteiger partial charge in [0.15, 0.2) is 0 Å². The topological polar surface area (TPSA) is 66.4 Å². The molecule has 2 amide bonds. The molecular weight excluding hydrogens is 324 g/mol. The van der Waals surface area contributed by atoms with E-state index in [-0.39, 0.29) is 23.9 Å². The second-order valence-electron chi connectivity index (χ2n) is 6.25. The molecule has 2 fully saturated rings. The number of aromatic nitrogens is 2. The summed E-state index contributed by atoms with van der Waals surface area (Å²) in [5.74, 6) is 0.0779. The first-order valence-corrected chi connectivity index (χ1v) is 8.93. The van der Waals surface area contributed by atoms with Crippen LogP contribution in [-0.2, 0) is 11.3 Å². The van der Waals surface area contributed by atoms with Gasteiger partial charge in [-0.15, -0.1) is 11.3 Å². The highest BCUT2D eigenvalue weighted by molar-refractivity contribution is 7.09. The van der Waals surface area contributed by atoms with Crippen molar-refractivity contribution >= 4 is 23.2 Å². The summed E-state index contributed by atoms with van der Waals surface area (Å²) in [6.45, 7) is 3.19. The number of carbonyl (C=O) groups excluding carboxylic acids is 2. The third-order valence-corrected chi connectivity index (χ3v) is 5.61. The lowest BCUT2D eigenvalue weighted by Crippen LogP contribution is -2.39. The predicted molar refractivity (Wildman–Crippen MR) is 89.5 cm³/mol. The van der Waals surface area contributed by atoms with E-state index in [0.29, 0.717) is 25.1 Å². The number of fused-ring (bicyclic) bond motifs is 1. The van der Waals surface area contributed by atoms with Gasteiger partial charge in [-0.2, -0.15) is 0 Å². The molecule has 2 aromatic heterocycles. The Bertz CT molecular complexity index is 776. The van der Waals surface area contributed by atoms with Gasteiger partial charge in [0.25, 0.3) is 5.91 Å². The molecule has 0 aromatic carbocycles. The molecule has 7 heteroatoms. The fraction of sp³-hybridized carbons (Fsp3) is 0.412. The number of pyridine rings is 1. The van der Waals surface area contributed by atoms with Gasteiger partial charge in [-0.25, -0.2) is 4.98 Å². The van der Waals surface area contributed by atoms with Crippen molar-refractivity contribution in [2.75, 3.05) is 6.54 Å². The standard InChI is InChI=1S/C17H18N4O2S/c1-11-19-13(10-24-11)9-21-14-4-6-20(15(14)7-16(21)22)17(23)12-3-2-5-18-8-12/h2-3,5,8,10,14-15H,4,6-7,9H2,1H3. The lowest BCUT2D eigenvalue weighted by molar-refractivity contribution is -0.129. The van der Waals surface area contributed by atoms with E-state index in [4.69, 9.17) is 0 Å². The number of thiazole rings is 1. The minimum atomic E-state index is -0.0371. The number of aryl methyl sites for hydroxylation is 1. The van der Waals surface area contributed by atoms with Gasteiger partial charge in [0, 0.05) is 30.7 Å². The van der Waals surface area contributed by atoms with E-state index in [2.05, 4.69) is 9.97 Å². The molecular formula is C17H18N4O2S. The van der Waals surface area contributed by atoms with Gasteiger partial charge < -0.3 is 9.80 Å². The first kappa shape index (κ1) is 15.3.